The van der Waals surface area contributed by atoms with E-state index in [1.165, 1.54) is 11.8 Å². The third-order valence-corrected chi connectivity index (χ3v) is 18.5. The molecule has 2 N–H and O–H groups in total. The normalized spacial score (nSPS) is 23.9. The van der Waals surface area contributed by atoms with Crippen molar-refractivity contribution in [3.05, 3.63) is 11.6 Å². The lowest BCUT2D eigenvalue weighted by molar-refractivity contribution is -0.139. The van der Waals surface area contributed by atoms with Crippen LogP contribution in [0.1, 0.15) is 46.9 Å². The first kappa shape index (κ1) is 29.4. The first-order valence-corrected chi connectivity index (χ1v) is 19.3. The number of imidazole rings is 1. The van der Waals surface area contributed by atoms with Crippen LogP contribution >= 0.6 is 23.4 Å². The molecule has 0 radical (unpaired) electrons. The van der Waals surface area contributed by atoms with E-state index < -0.39 is 45.4 Å². The summed E-state index contributed by atoms with van der Waals surface area (Å²) in [5.41, 5.74) is 1.09. The summed E-state index contributed by atoms with van der Waals surface area (Å²) in [5.74, 6) is -0.402. The molecule has 2 aromatic heterocycles. The number of fused-ring (bicyclic) bond motifs is 1. The number of nitrogens with one attached hydrogen (secondary N) is 1. The smallest absolute Gasteiger partial charge is 0.319 e. The number of halogens is 1. The maximum absolute atomic E-state index is 12.6. The van der Waals surface area contributed by atoms with Gasteiger partial charge in [0.1, 0.15) is 16.7 Å². The van der Waals surface area contributed by atoms with Crippen LogP contribution in [0.25, 0.3) is 11.2 Å². The highest BCUT2D eigenvalue weighted by Crippen LogP contribution is 2.51. The highest BCUT2D eigenvalue weighted by molar-refractivity contribution is 8.01. The van der Waals surface area contributed by atoms with Crippen LogP contribution in [0, 0.1) is 0 Å². The van der Waals surface area contributed by atoms with Crippen LogP contribution in [0.4, 0.5) is 5.82 Å². The van der Waals surface area contributed by atoms with E-state index >= 15 is 0 Å². The fourth-order valence-corrected chi connectivity index (χ4v) is 8.00. The van der Waals surface area contributed by atoms with Crippen LogP contribution in [0.3, 0.4) is 0 Å². The van der Waals surface area contributed by atoms with Gasteiger partial charge in [0.15, 0.2) is 33.6 Å². The summed E-state index contributed by atoms with van der Waals surface area (Å²) < 4.78 is 15.7. The Morgan fingerprint density at radius 1 is 1.06 bits per heavy atom. The topological polar surface area (TPSA) is 111 Å². The molecule has 2 aromatic rings. The first-order chi connectivity index (χ1) is 16.3. The quantitative estimate of drug-likeness (QED) is 0.304. The van der Waals surface area contributed by atoms with E-state index in [9.17, 15) is 9.90 Å². The van der Waals surface area contributed by atoms with E-state index in [4.69, 9.17) is 20.5 Å². The van der Waals surface area contributed by atoms with Gasteiger partial charge in [0, 0.05) is 7.05 Å². The number of rotatable bonds is 7. The van der Waals surface area contributed by atoms with Crippen LogP contribution < -0.4 is 5.32 Å². The van der Waals surface area contributed by atoms with Gasteiger partial charge in [0.2, 0.25) is 5.28 Å². The number of hydrogen-bond donors (Lipinski definition) is 2. The Balaban J connectivity index is 2.19. The Kier molecular flexibility index (Phi) is 8.03. The third-order valence-electron chi connectivity index (χ3n) is 7.81. The van der Waals surface area contributed by atoms with E-state index in [2.05, 4.69) is 88.0 Å². The maximum Gasteiger partial charge on any atom is 0.319 e. The Hall–Kier alpha value is -1.19. The number of aromatic nitrogens is 4. The minimum Gasteiger partial charge on any atom is -0.480 e. The summed E-state index contributed by atoms with van der Waals surface area (Å²) in [6.07, 6.45) is 0.519. The molecule has 202 valence electrons. The number of carboxylic acid groups (broad SMARTS) is 1. The fraction of sp³-hybridized carbons (Fsp3) is 0.739. The van der Waals surface area contributed by atoms with Crippen LogP contribution in [0.2, 0.25) is 41.5 Å². The van der Waals surface area contributed by atoms with Gasteiger partial charge >= 0.3 is 5.97 Å². The minimum atomic E-state index is -2.34. The SMILES string of the molecule is CNc1nc(Cl)nc2c1ncn2C1SC(C(=O)O)C(O[Si](C)(C)C(C)(C)C)C1O[Si](C)(C)C(C)(C)C. The molecular formula is C23H40ClN5O4SSi2. The summed E-state index contributed by atoms with van der Waals surface area (Å²) in [4.78, 5) is 25.8. The molecule has 0 bridgehead atoms. The van der Waals surface area contributed by atoms with E-state index in [0.29, 0.717) is 17.0 Å². The average Bonchev–Trinajstić information content (AvgIpc) is 3.27. The van der Waals surface area contributed by atoms with Gasteiger partial charge in [-0.15, -0.1) is 11.8 Å². The molecule has 1 saturated heterocycles. The van der Waals surface area contributed by atoms with Crippen LogP contribution in [-0.4, -0.2) is 71.7 Å². The van der Waals surface area contributed by atoms with Gasteiger partial charge in [-0.1, -0.05) is 41.5 Å². The van der Waals surface area contributed by atoms with E-state index in [1.807, 2.05) is 4.57 Å². The molecule has 0 aromatic carbocycles. The maximum atomic E-state index is 12.6. The molecule has 13 heteroatoms. The molecule has 4 atom stereocenters. The third kappa shape index (κ3) is 5.48. The highest BCUT2D eigenvalue weighted by Gasteiger charge is 2.56. The van der Waals surface area contributed by atoms with Crippen LogP contribution in [0.5, 0.6) is 0 Å². The molecule has 36 heavy (non-hydrogen) atoms. The number of carbonyl (C=O) groups is 1. The summed E-state index contributed by atoms with van der Waals surface area (Å²) in [5, 5.41) is 12.0. The molecule has 0 aliphatic carbocycles. The van der Waals surface area contributed by atoms with Crippen LogP contribution in [-0.2, 0) is 13.6 Å². The summed E-state index contributed by atoms with van der Waals surface area (Å²) in [6, 6.07) is 0. The number of carboxylic acids is 1. The zero-order chi connectivity index (χ0) is 27.4. The summed E-state index contributed by atoms with van der Waals surface area (Å²) >= 11 is 7.56. The lowest BCUT2D eigenvalue weighted by Crippen LogP contribution is -2.54. The molecule has 0 spiro atoms. The van der Waals surface area contributed by atoms with Gasteiger partial charge in [-0.3, -0.25) is 9.36 Å². The van der Waals surface area contributed by atoms with Gasteiger partial charge in [0.05, 0.1) is 12.4 Å². The van der Waals surface area contributed by atoms with Crippen LogP contribution in [0.15, 0.2) is 6.33 Å². The Labute approximate surface area is 225 Å². The molecule has 0 saturated carbocycles. The molecular weight excluding hydrogens is 534 g/mol. The molecule has 1 fully saturated rings. The van der Waals surface area contributed by atoms with Crippen molar-refractivity contribution in [1.29, 1.82) is 0 Å². The Bertz CT molecular complexity index is 1130. The highest BCUT2D eigenvalue weighted by atomic mass is 35.5. The van der Waals surface area contributed by atoms with Gasteiger partial charge in [-0.05, 0) is 47.9 Å². The molecule has 1 aliphatic rings. The predicted octanol–water partition coefficient (Wildman–Crippen LogP) is 6.00. The zero-order valence-corrected chi connectivity index (χ0v) is 26.7. The first-order valence-electron chi connectivity index (χ1n) is 12.1. The second-order valence-corrected chi connectivity index (χ2v) is 23.5. The molecule has 0 amide bonds. The number of aliphatic carboxylic acids is 1. The Morgan fingerprint density at radius 3 is 2.06 bits per heavy atom. The monoisotopic (exact) mass is 573 g/mol. The summed E-state index contributed by atoms with van der Waals surface area (Å²) in [6.45, 7) is 21.6. The van der Waals surface area contributed by atoms with Crippen molar-refractivity contribution in [3.8, 4) is 0 Å². The van der Waals surface area contributed by atoms with E-state index in [0.717, 1.165) is 0 Å². The van der Waals surface area contributed by atoms with Crippen molar-refractivity contribution in [2.45, 2.75) is 101 Å². The number of thioether (sulfide) groups is 1. The molecule has 4 unspecified atom stereocenters. The van der Waals surface area contributed by atoms with Crippen molar-refractivity contribution >= 4 is 62.9 Å². The van der Waals surface area contributed by atoms with Crippen molar-refractivity contribution in [2.75, 3.05) is 12.4 Å². The summed E-state index contributed by atoms with van der Waals surface area (Å²) in [7, 11) is -2.91. The number of anilines is 1. The van der Waals surface area contributed by atoms with E-state index in [-0.39, 0.29) is 15.4 Å². The van der Waals surface area contributed by atoms with Gasteiger partial charge < -0.3 is 19.3 Å². The van der Waals surface area contributed by atoms with Crippen molar-refractivity contribution in [2.24, 2.45) is 0 Å². The molecule has 3 heterocycles. The largest absolute Gasteiger partial charge is 0.480 e. The van der Waals surface area contributed by atoms with Crippen molar-refractivity contribution in [3.63, 3.8) is 0 Å². The second-order valence-electron chi connectivity index (χ2n) is 12.4. The minimum absolute atomic E-state index is 0.0766. The van der Waals surface area contributed by atoms with Gasteiger partial charge in [0.25, 0.3) is 0 Å². The molecule has 1 aliphatic heterocycles. The average molecular weight is 574 g/mol. The molecule has 9 nitrogen and oxygen atoms in total. The lowest BCUT2D eigenvalue weighted by Gasteiger charge is -2.44. The molecule has 3 rings (SSSR count). The zero-order valence-electron chi connectivity index (χ0n) is 23.1. The van der Waals surface area contributed by atoms with Crippen molar-refractivity contribution < 1.29 is 18.8 Å². The predicted molar refractivity (Wildman–Crippen MR) is 152 cm³/mol. The van der Waals surface area contributed by atoms with E-state index in [1.54, 1.807) is 13.4 Å². The second kappa shape index (κ2) is 9.84. The van der Waals surface area contributed by atoms with Crippen molar-refractivity contribution in [1.82, 2.24) is 19.5 Å². The number of nitrogens with zero attached hydrogens (tertiary/aromatic N) is 4. The fourth-order valence-electron chi connectivity index (χ4n) is 3.60. The number of hydrogen-bond acceptors (Lipinski definition) is 8. The van der Waals surface area contributed by atoms with Gasteiger partial charge in [-0.25, -0.2) is 4.98 Å². The Morgan fingerprint density at radius 2 is 1.58 bits per heavy atom. The van der Waals surface area contributed by atoms with Gasteiger partial charge in [-0.2, -0.15) is 9.97 Å². The lowest BCUT2D eigenvalue weighted by atomic mass is 10.1. The standard InChI is InChI=1S/C23H40ClN5O4SSi2/c1-22(2,3)35(8,9)32-14-15(33-36(10,11)23(4,5)6)19(34-16(14)20(30)31)29-12-26-13-17(25-7)27-21(24)28-18(13)29/h12,14-16,19H,1-11H3,(H,30,31)(H,25,27,28).